The molecule has 3 heterocycles. The number of nitrogens with one attached hydrogen (secondary N) is 1. The van der Waals surface area contributed by atoms with Crippen LogP contribution in [0.4, 0.5) is 11.5 Å². The summed E-state index contributed by atoms with van der Waals surface area (Å²) in [5.41, 5.74) is 10.1. The molecule has 1 aromatic carbocycles. The fourth-order valence-corrected chi connectivity index (χ4v) is 4.85. The lowest BCUT2D eigenvalue weighted by molar-refractivity contribution is -0.128. The summed E-state index contributed by atoms with van der Waals surface area (Å²) in [5.74, 6) is -0.0253. The molecule has 2 aromatic heterocycles. The monoisotopic (exact) mass is 546 g/mol. The predicted octanol–water partition coefficient (Wildman–Crippen LogP) is 3.28. The number of benzene rings is 1. The van der Waals surface area contributed by atoms with Gasteiger partial charge in [0.15, 0.2) is 11.3 Å². The first kappa shape index (κ1) is 28.7. The SMILES string of the molecule is Cc1c(CC(=O)N(C)C)ccc(NC(=O)c2nn(C3CCCN(C(=O)/C=C/C(C)C)C3)c3ncnc(N)c23)c1C. The molecule has 1 fully saturated rings. The molecular weight excluding hydrogens is 508 g/mol. The molecule has 212 valence electrons. The third kappa shape index (κ3) is 5.98. The number of carbonyl (C=O) groups excluding carboxylic acids is 3. The highest BCUT2D eigenvalue weighted by atomic mass is 16.2. The molecule has 3 N–H and O–H groups in total. The number of nitrogens with two attached hydrogens (primary N) is 1. The van der Waals surface area contributed by atoms with Gasteiger partial charge in [-0.15, -0.1) is 0 Å². The van der Waals surface area contributed by atoms with E-state index < -0.39 is 5.91 Å². The number of likely N-dealkylation sites (tertiary alicyclic amines) is 1. The van der Waals surface area contributed by atoms with Crippen molar-refractivity contribution in [3.63, 3.8) is 0 Å². The number of amides is 3. The van der Waals surface area contributed by atoms with Gasteiger partial charge < -0.3 is 20.9 Å². The Morgan fingerprint density at radius 1 is 1.18 bits per heavy atom. The van der Waals surface area contributed by atoms with Crippen molar-refractivity contribution in [3.05, 3.63) is 53.0 Å². The Hall–Kier alpha value is -4.28. The Bertz CT molecular complexity index is 1470. The van der Waals surface area contributed by atoms with E-state index in [1.807, 2.05) is 39.8 Å². The molecule has 0 spiro atoms. The van der Waals surface area contributed by atoms with Crippen LogP contribution in [-0.4, -0.2) is 74.5 Å². The lowest BCUT2D eigenvalue weighted by atomic mass is 9.98. The van der Waals surface area contributed by atoms with Crippen LogP contribution >= 0.6 is 0 Å². The van der Waals surface area contributed by atoms with Crippen molar-refractivity contribution in [1.82, 2.24) is 29.5 Å². The molecule has 0 saturated carbocycles. The number of hydrogen-bond acceptors (Lipinski definition) is 7. The van der Waals surface area contributed by atoms with Crippen molar-refractivity contribution in [1.29, 1.82) is 0 Å². The fraction of sp³-hybridized carbons (Fsp3) is 0.448. The third-order valence-electron chi connectivity index (χ3n) is 7.40. The van der Waals surface area contributed by atoms with E-state index >= 15 is 0 Å². The zero-order valence-electron chi connectivity index (χ0n) is 24.1. The predicted molar refractivity (Wildman–Crippen MR) is 155 cm³/mol. The number of rotatable bonds is 7. The zero-order chi connectivity index (χ0) is 29.1. The van der Waals surface area contributed by atoms with Crippen LogP contribution in [0.25, 0.3) is 11.0 Å². The molecule has 4 rings (SSSR count). The van der Waals surface area contributed by atoms with Crippen molar-refractivity contribution in [2.75, 3.05) is 38.2 Å². The standard InChI is InChI=1S/C29H38N8O3/c1-17(2)9-12-23(38)36-13-7-8-21(15-36)37-28-25(27(30)31-16-32-28)26(34-37)29(40)33-22-11-10-20(18(3)19(22)4)14-24(39)35(5)6/h9-12,16-17,21H,7-8,13-15H2,1-6H3,(H,33,40)(H2,30,31,32)/b12-9+. The van der Waals surface area contributed by atoms with E-state index in [4.69, 9.17) is 5.73 Å². The molecule has 0 aliphatic carbocycles. The number of nitrogen functional groups attached to an aromatic ring is 1. The Morgan fingerprint density at radius 2 is 1.93 bits per heavy atom. The average molecular weight is 547 g/mol. The van der Waals surface area contributed by atoms with Gasteiger partial charge >= 0.3 is 0 Å². The maximum atomic E-state index is 13.6. The number of fused-ring (bicyclic) bond motifs is 1. The van der Waals surface area contributed by atoms with Gasteiger partial charge in [-0.25, -0.2) is 14.6 Å². The lowest BCUT2D eigenvalue weighted by Gasteiger charge is -2.32. The second kappa shape index (κ2) is 11.8. The highest BCUT2D eigenvalue weighted by molar-refractivity contribution is 6.13. The second-order valence-corrected chi connectivity index (χ2v) is 10.9. The molecule has 1 saturated heterocycles. The molecule has 1 unspecified atom stereocenters. The first-order valence-electron chi connectivity index (χ1n) is 13.5. The van der Waals surface area contributed by atoms with Crippen LogP contribution in [0.15, 0.2) is 30.6 Å². The summed E-state index contributed by atoms with van der Waals surface area (Å²) in [5, 5.41) is 8.03. The van der Waals surface area contributed by atoms with Gasteiger partial charge in [-0.05, 0) is 61.4 Å². The summed E-state index contributed by atoms with van der Waals surface area (Å²) in [7, 11) is 3.45. The summed E-state index contributed by atoms with van der Waals surface area (Å²) in [6.07, 6.45) is 6.74. The molecule has 11 heteroatoms. The maximum Gasteiger partial charge on any atom is 0.277 e. The largest absolute Gasteiger partial charge is 0.383 e. The Morgan fingerprint density at radius 3 is 2.62 bits per heavy atom. The van der Waals surface area contributed by atoms with Crippen LogP contribution in [0.1, 0.15) is 59.9 Å². The third-order valence-corrected chi connectivity index (χ3v) is 7.40. The minimum Gasteiger partial charge on any atom is -0.383 e. The van der Waals surface area contributed by atoms with Crippen molar-refractivity contribution < 1.29 is 14.4 Å². The molecule has 0 radical (unpaired) electrons. The number of hydrogen-bond donors (Lipinski definition) is 2. The van der Waals surface area contributed by atoms with E-state index in [0.717, 1.165) is 29.5 Å². The number of nitrogens with zero attached hydrogens (tertiary/aromatic N) is 6. The molecule has 3 amide bonds. The van der Waals surface area contributed by atoms with Crippen molar-refractivity contribution in [3.8, 4) is 0 Å². The van der Waals surface area contributed by atoms with Gasteiger partial charge in [0.05, 0.1) is 17.8 Å². The molecule has 3 aromatic rings. The maximum absolute atomic E-state index is 13.6. The molecule has 0 bridgehead atoms. The number of aromatic nitrogens is 4. The van der Waals surface area contributed by atoms with Gasteiger partial charge in [-0.2, -0.15) is 5.10 Å². The fourth-order valence-electron chi connectivity index (χ4n) is 4.85. The topological polar surface area (TPSA) is 139 Å². The summed E-state index contributed by atoms with van der Waals surface area (Å²) in [6, 6.07) is 3.49. The van der Waals surface area contributed by atoms with Gasteiger partial charge in [0, 0.05) is 32.9 Å². The van der Waals surface area contributed by atoms with Crippen molar-refractivity contribution in [2.45, 2.75) is 53.0 Å². The lowest BCUT2D eigenvalue weighted by Crippen LogP contribution is -2.40. The van der Waals surface area contributed by atoms with Gasteiger partial charge in [0.2, 0.25) is 11.8 Å². The highest BCUT2D eigenvalue weighted by Crippen LogP contribution is 2.30. The van der Waals surface area contributed by atoms with E-state index in [1.165, 1.54) is 6.33 Å². The van der Waals surface area contributed by atoms with E-state index in [-0.39, 0.29) is 41.7 Å². The zero-order valence-corrected chi connectivity index (χ0v) is 24.1. The van der Waals surface area contributed by atoms with E-state index in [2.05, 4.69) is 20.4 Å². The molecule has 40 heavy (non-hydrogen) atoms. The second-order valence-electron chi connectivity index (χ2n) is 10.9. The summed E-state index contributed by atoms with van der Waals surface area (Å²) >= 11 is 0. The molecule has 1 aliphatic rings. The quantitative estimate of drug-likeness (QED) is 0.434. The molecule has 1 aliphatic heterocycles. The number of anilines is 2. The number of carbonyl (C=O) groups is 3. The number of allylic oxidation sites excluding steroid dienone is 1. The van der Waals surface area contributed by atoms with Gasteiger partial charge in [-0.3, -0.25) is 14.4 Å². The Kier molecular flexibility index (Phi) is 8.51. The van der Waals surface area contributed by atoms with Crippen LogP contribution in [0, 0.1) is 19.8 Å². The normalized spacial score (nSPS) is 15.7. The first-order chi connectivity index (χ1) is 19.0. The van der Waals surface area contributed by atoms with Crippen molar-refractivity contribution >= 4 is 40.3 Å². The molecule has 11 nitrogen and oxygen atoms in total. The van der Waals surface area contributed by atoms with Crippen molar-refractivity contribution in [2.24, 2.45) is 5.92 Å². The van der Waals surface area contributed by atoms with Crippen LogP contribution < -0.4 is 11.1 Å². The minimum absolute atomic E-state index is 0.00527. The van der Waals surface area contributed by atoms with Crippen LogP contribution in [0.2, 0.25) is 0 Å². The van der Waals surface area contributed by atoms with Gasteiger partial charge in [0.25, 0.3) is 5.91 Å². The Balaban J connectivity index is 1.63. The smallest absolute Gasteiger partial charge is 0.277 e. The molecule has 1 atom stereocenters. The summed E-state index contributed by atoms with van der Waals surface area (Å²) in [6.45, 7) is 9.01. The van der Waals surface area contributed by atoms with E-state index in [1.54, 1.807) is 40.7 Å². The van der Waals surface area contributed by atoms with Crippen LogP contribution in [-0.2, 0) is 16.0 Å². The Labute approximate surface area is 234 Å². The van der Waals surface area contributed by atoms with E-state index in [9.17, 15) is 14.4 Å². The van der Waals surface area contributed by atoms with Crippen LogP contribution in [0.3, 0.4) is 0 Å². The summed E-state index contributed by atoms with van der Waals surface area (Å²) in [4.78, 5) is 50.5. The highest BCUT2D eigenvalue weighted by Gasteiger charge is 2.29. The van der Waals surface area contributed by atoms with Crippen LogP contribution in [0.5, 0.6) is 0 Å². The summed E-state index contributed by atoms with van der Waals surface area (Å²) < 4.78 is 1.71. The van der Waals surface area contributed by atoms with Gasteiger partial charge in [0.1, 0.15) is 12.1 Å². The number of likely N-dealkylation sites (N-methyl/N-ethyl adjacent to an activating group) is 1. The molecular formula is C29H38N8O3. The first-order valence-corrected chi connectivity index (χ1v) is 13.5. The minimum atomic E-state index is -0.437. The number of piperidine rings is 1. The van der Waals surface area contributed by atoms with E-state index in [0.29, 0.717) is 29.8 Å². The van der Waals surface area contributed by atoms with Gasteiger partial charge in [-0.1, -0.05) is 26.0 Å². The average Bonchev–Trinajstić information content (AvgIpc) is 3.32.